The molecule has 0 amide bonds. The quantitative estimate of drug-likeness (QED) is 0.715. The number of likely N-dealkylation sites (N-methyl/N-ethyl adjacent to an activating group) is 1. The van der Waals surface area contributed by atoms with Crippen LogP contribution in [-0.4, -0.2) is 55.9 Å². The molecule has 0 bridgehead atoms. The van der Waals surface area contributed by atoms with Gasteiger partial charge in [0.15, 0.2) is 0 Å². The fraction of sp³-hybridized carbons (Fsp3) is 0.933. The van der Waals surface area contributed by atoms with Gasteiger partial charge in [0, 0.05) is 24.5 Å². The van der Waals surface area contributed by atoms with Crippen LogP contribution >= 0.6 is 0 Å². The normalized spacial score (nSPS) is 38.2. The molecule has 0 N–H and O–H groups in total. The van der Waals surface area contributed by atoms with Gasteiger partial charge in [-0.1, -0.05) is 19.8 Å². The highest BCUT2D eigenvalue weighted by Gasteiger charge is 2.38. The fourth-order valence-electron chi connectivity index (χ4n) is 3.81. The molecule has 3 atom stereocenters. The number of carbonyl (C=O) groups is 1. The van der Waals surface area contributed by atoms with Crippen molar-refractivity contribution in [3.8, 4) is 0 Å². The van der Waals surface area contributed by atoms with E-state index in [2.05, 4.69) is 30.8 Å². The van der Waals surface area contributed by atoms with E-state index in [0.717, 1.165) is 38.4 Å². The van der Waals surface area contributed by atoms with Crippen molar-refractivity contribution >= 4 is 6.29 Å². The lowest BCUT2D eigenvalue weighted by molar-refractivity contribution is -0.119. The van der Waals surface area contributed by atoms with Gasteiger partial charge in [0.25, 0.3) is 0 Å². The van der Waals surface area contributed by atoms with E-state index in [1.807, 2.05) is 0 Å². The Morgan fingerprint density at radius 3 is 2.72 bits per heavy atom. The van der Waals surface area contributed by atoms with Crippen LogP contribution in [0.5, 0.6) is 0 Å². The van der Waals surface area contributed by atoms with Gasteiger partial charge in [0.2, 0.25) is 0 Å². The first-order chi connectivity index (χ1) is 8.54. The zero-order valence-corrected chi connectivity index (χ0v) is 12.2. The molecule has 0 aromatic heterocycles. The second-order valence-electron chi connectivity index (χ2n) is 6.82. The SMILES string of the molecule is CC1CCCC(C=O)(CN2CCC(N(C)C)C2)C1. The second kappa shape index (κ2) is 5.70. The third-order valence-corrected chi connectivity index (χ3v) is 4.89. The molecule has 2 aliphatic rings. The number of nitrogens with zero attached hydrogens (tertiary/aromatic N) is 2. The molecule has 3 heteroatoms. The van der Waals surface area contributed by atoms with Crippen molar-refractivity contribution in [2.45, 2.75) is 45.1 Å². The highest BCUT2D eigenvalue weighted by atomic mass is 16.1. The summed E-state index contributed by atoms with van der Waals surface area (Å²) in [6.45, 7) is 5.58. The molecule has 1 saturated heterocycles. The molecule has 1 saturated carbocycles. The summed E-state index contributed by atoms with van der Waals surface area (Å²) in [5, 5.41) is 0. The molecular weight excluding hydrogens is 224 g/mol. The molecule has 3 unspecified atom stereocenters. The van der Waals surface area contributed by atoms with E-state index in [1.54, 1.807) is 0 Å². The van der Waals surface area contributed by atoms with Crippen LogP contribution in [0.15, 0.2) is 0 Å². The molecule has 2 fully saturated rings. The van der Waals surface area contributed by atoms with E-state index >= 15 is 0 Å². The van der Waals surface area contributed by atoms with Crippen LogP contribution < -0.4 is 0 Å². The monoisotopic (exact) mass is 252 g/mol. The van der Waals surface area contributed by atoms with E-state index in [0.29, 0.717) is 6.04 Å². The molecule has 3 nitrogen and oxygen atoms in total. The van der Waals surface area contributed by atoms with E-state index in [1.165, 1.54) is 25.5 Å². The predicted molar refractivity (Wildman–Crippen MR) is 74.7 cm³/mol. The molecule has 0 aromatic rings. The third-order valence-electron chi connectivity index (χ3n) is 4.89. The Balaban J connectivity index is 1.93. The van der Waals surface area contributed by atoms with Crippen molar-refractivity contribution in [2.24, 2.45) is 11.3 Å². The maximum Gasteiger partial charge on any atom is 0.127 e. The predicted octanol–water partition coefficient (Wildman–Crippen LogP) is 2.02. The Bertz CT molecular complexity index is 292. The summed E-state index contributed by atoms with van der Waals surface area (Å²) in [5.74, 6) is 0.719. The molecular formula is C15H28N2O. The summed E-state index contributed by atoms with van der Waals surface area (Å²) in [6.07, 6.45) is 7.24. The number of aldehydes is 1. The van der Waals surface area contributed by atoms with E-state index < -0.39 is 0 Å². The van der Waals surface area contributed by atoms with Gasteiger partial charge >= 0.3 is 0 Å². The Kier molecular flexibility index (Phi) is 4.44. The summed E-state index contributed by atoms with van der Waals surface area (Å²) in [5.41, 5.74) is -0.0428. The van der Waals surface area contributed by atoms with Crippen molar-refractivity contribution in [2.75, 3.05) is 33.7 Å². The summed E-state index contributed by atoms with van der Waals surface area (Å²) >= 11 is 0. The van der Waals surface area contributed by atoms with Crippen LogP contribution in [0.4, 0.5) is 0 Å². The van der Waals surface area contributed by atoms with Gasteiger partial charge in [0.05, 0.1) is 0 Å². The Hall–Kier alpha value is -0.410. The lowest BCUT2D eigenvalue weighted by atomic mass is 9.71. The molecule has 0 spiro atoms. The fourth-order valence-corrected chi connectivity index (χ4v) is 3.81. The average molecular weight is 252 g/mol. The van der Waals surface area contributed by atoms with Crippen LogP contribution in [0.1, 0.15) is 39.0 Å². The van der Waals surface area contributed by atoms with Gasteiger partial charge < -0.3 is 14.6 Å². The number of hydrogen-bond acceptors (Lipinski definition) is 3. The zero-order chi connectivity index (χ0) is 13.2. The van der Waals surface area contributed by atoms with Crippen LogP contribution in [0.2, 0.25) is 0 Å². The Labute approximate surface area is 112 Å². The minimum absolute atomic E-state index is 0.0428. The molecule has 18 heavy (non-hydrogen) atoms. The van der Waals surface area contributed by atoms with Gasteiger partial charge in [-0.25, -0.2) is 0 Å². The lowest BCUT2D eigenvalue weighted by Gasteiger charge is -2.38. The topological polar surface area (TPSA) is 23.6 Å². The third kappa shape index (κ3) is 3.12. The molecule has 1 aliphatic carbocycles. The van der Waals surface area contributed by atoms with Gasteiger partial charge in [-0.3, -0.25) is 0 Å². The lowest BCUT2D eigenvalue weighted by Crippen LogP contribution is -2.42. The average Bonchev–Trinajstić information content (AvgIpc) is 2.77. The highest BCUT2D eigenvalue weighted by Crippen LogP contribution is 2.39. The van der Waals surface area contributed by atoms with Crippen molar-refractivity contribution < 1.29 is 4.79 Å². The van der Waals surface area contributed by atoms with E-state index in [4.69, 9.17) is 0 Å². The molecule has 1 aliphatic heterocycles. The van der Waals surface area contributed by atoms with Crippen molar-refractivity contribution in [3.05, 3.63) is 0 Å². The summed E-state index contributed by atoms with van der Waals surface area (Å²) in [7, 11) is 4.32. The maximum atomic E-state index is 11.6. The highest BCUT2D eigenvalue weighted by molar-refractivity contribution is 5.60. The van der Waals surface area contributed by atoms with Gasteiger partial charge in [0.1, 0.15) is 6.29 Å². The second-order valence-corrected chi connectivity index (χ2v) is 6.82. The van der Waals surface area contributed by atoms with Crippen molar-refractivity contribution in [1.82, 2.24) is 9.80 Å². The van der Waals surface area contributed by atoms with Gasteiger partial charge in [-0.05, 0) is 45.8 Å². The van der Waals surface area contributed by atoms with Crippen LogP contribution in [0.25, 0.3) is 0 Å². The number of hydrogen-bond donors (Lipinski definition) is 0. The summed E-state index contributed by atoms with van der Waals surface area (Å²) < 4.78 is 0. The van der Waals surface area contributed by atoms with Crippen LogP contribution in [-0.2, 0) is 4.79 Å². The molecule has 0 aromatic carbocycles. The minimum atomic E-state index is -0.0428. The van der Waals surface area contributed by atoms with Gasteiger partial charge in [-0.15, -0.1) is 0 Å². The smallest absolute Gasteiger partial charge is 0.127 e. The largest absolute Gasteiger partial charge is 0.305 e. The number of carbonyl (C=O) groups excluding carboxylic acids is 1. The van der Waals surface area contributed by atoms with Crippen molar-refractivity contribution in [1.29, 1.82) is 0 Å². The maximum absolute atomic E-state index is 11.6. The van der Waals surface area contributed by atoms with Gasteiger partial charge in [-0.2, -0.15) is 0 Å². The molecule has 104 valence electrons. The molecule has 1 heterocycles. The number of rotatable bonds is 4. The van der Waals surface area contributed by atoms with E-state index in [-0.39, 0.29) is 5.41 Å². The summed E-state index contributed by atoms with van der Waals surface area (Å²) in [4.78, 5) is 16.4. The molecule has 0 radical (unpaired) electrons. The minimum Gasteiger partial charge on any atom is -0.305 e. The molecule has 2 rings (SSSR count). The first-order valence-electron chi connectivity index (χ1n) is 7.40. The summed E-state index contributed by atoms with van der Waals surface area (Å²) in [6, 6.07) is 0.676. The first-order valence-corrected chi connectivity index (χ1v) is 7.40. The van der Waals surface area contributed by atoms with Crippen LogP contribution in [0, 0.1) is 11.3 Å². The van der Waals surface area contributed by atoms with Crippen molar-refractivity contribution in [3.63, 3.8) is 0 Å². The first kappa shape index (κ1) is 14.0. The number of likely N-dealkylation sites (tertiary alicyclic amines) is 1. The van der Waals surface area contributed by atoms with Crippen LogP contribution in [0.3, 0.4) is 0 Å². The zero-order valence-electron chi connectivity index (χ0n) is 12.2. The van der Waals surface area contributed by atoms with E-state index in [9.17, 15) is 4.79 Å². The Morgan fingerprint density at radius 2 is 2.17 bits per heavy atom. The Morgan fingerprint density at radius 1 is 1.39 bits per heavy atom. The standard InChI is InChI=1S/C15H28N2O/c1-13-5-4-7-15(9-13,12-18)11-17-8-6-14(10-17)16(2)3/h12-14H,4-11H2,1-3H3.